The van der Waals surface area contributed by atoms with Crippen molar-refractivity contribution in [2.45, 2.75) is 51.8 Å². The minimum Gasteiger partial charge on any atom is -0.487 e. The molecule has 3 rings (SSSR count). The number of ether oxygens (including phenoxy) is 1. The molecular formula is C17H23N3O. The molecule has 1 aromatic heterocycles. The summed E-state index contributed by atoms with van der Waals surface area (Å²) in [5, 5.41) is 4.50. The number of nitrogens with zero attached hydrogens (tertiary/aromatic N) is 2. The smallest absolute Gasteiger partial charge is 0.132 e. The summed E-state index contributed by atoms with van der Waals surface area (Å²) in [4.78, 5) is 0. The number of nitrogens with two attached hydrogens (primary N) is 1. The summed E-state index contributed by atoms with van der Waals surface area (Å²) in [6.07, 6.45) is 5.34. The van der Waals surface area contributed by atoms with Crippen LogP contribution in [0.1, 0.15) is 55.6 Å². The van der Waals surface area contributed by atoms with Gasteiger partial charge < -0.3 is 10.5 Å². The number of rotatable bonds is 4. The molecule has 4 heteroatoms. The van der Waals surface area contributed by atoms with Crippen LogP contribution in [0, 0.1) is 0 Å². The van der Waals surface area contributed by atoms with Crippen molar-refractivity contribution in [1.82, 2.24) is 9.78 Å². The van der Waals surface area contributed by atoms with E-state index in [1.54, 1.807) is 0 Å². The Morgan fingerprint density at radius 3 is 3.00 bits per heavy atom. The van der Waals surface area contributed by atoms with E-state index >= 15 is 0 Å². The Bertz CT molecular complexity index is 618. The van der Waals surface area contributed by atoms with Gasteiger partial charge in [-0.05, 0) is 62.4 Å². The number of hydrogen-bond donors (Lipinski definition) is 1. The quantitative estimate of drug-likeness (QED) is 0.937. The molecule has 1 atom stereocenters. The molecule has 2 aromatic rings. The van der Waals surface area contributed by atoms with E-state index in [2.05, 4.69) is 31.1 Å². The summed E-state index contributed by atoms with van der Waals surface area (Å²) in [6, 6.07) is 8.83. The average molecular weight is 285 g/mol. The molecule has 2 N–H and O–H groups in total. The van der Waals surface area contributed by atoms with E-state index in [-0.39, 0.29) is 6.04 Å². The van der Waals surface area contributed by atoms with Crippen LogP contribution in [0.3, 0.4) is 0 Å². The summed E-state index contributed by atoms with van der Waals surface area (Å²) in [5.41, 5.74) is 9.70. The normalized spacial score (nSPS) is 17.8. The number of benzene rings is 1. The second kappa shape index (κ2) is 5.90. The molecule has 1 aromatic carbocycles. The Morgan fingerprint density at radius 1 is 1.38 bits per heavy atom. The summed E-state index contributed by atoms with van der Waals surface area (Å²) in [7, 11) is 0. The van der Waals surface area contributed by atoms with Crippen molar-refractivity contribution >= 4 is 0 Å². The summed E-state index contributed by atoms with van der Waals surface area (Å²) >= 11 is 0. The largest absolute Gasteiger partial charge is 0.487 e. The number of hydrogen-bond acceptors (Lipinski definition) is 3. The van der Waals surface area contributed by atoms with E-state index in [9.17, 15) is 0 Å². The van der Waals surface area contributed by atoms with E-state index < -0.39 is 0 Å². The first-order chi connectivity index (χ1) is 10.1. The lowest BCUT2D eigenvalue weighted by Crippen LogP contribution is -2.17. The van der Waals surface area contributed by atoms with Crippen LogP contribution < -0.4 is 10.5 Å². The Hall–Kier alpha value is -1.81. The minimum atomic E-state index is 0.185. The first-order valence-corrected chi connectivity index (χ1v) is 7.68. The molecule has 1 aliphatic carbocycles. The van der Waals surface area contributed by atoms with Crippen molar-refractivity contribution in [2.24, 2.45) is 5.73 Å². The summed E-state index contributed by atoms with van der Waals surface area (Å²) in [6.45, 7) is 4.74. The zero-order chi connectivity index (χ0) is 14.8. The zero-order valence-corrected chi connectivity index (χ0v) is 12.7. The van der Waals surface area contributed by atoms with Crippen LogP contribution in [-0.4, -0.2) is 9.78 Å². The predicted molar refractivity (Wildman–Crippen MR) is 83.3 cm³/mol. The molecule has 21 heavy (non-hydrogen) atoms. The van der Waals surface area contributed by atoms with E-state index in [4.69, 9.17) is 10.5 Å². The van der Waals surface area contributed by atoms with Gasteiger partial charge in [0, 0.05) is 18.3 Å². The Morgan fingerprint density at radius 2 is 2.24 bits per heavy atom. The fourth-order valence-electron chi connectivity index (χ4n) is 2.82. The second-order valence-electron chi connectivity index (χ2n) is 6.03. The minimum absolute atomic E-state index is 0.185. The van der Waals surface area contributed by atoms with Crippen LogP contribution in [0.5, 0.6) is 5.75 Å². The first kappa shape index (κ1) is 14.1. The third kappa shape index (κ3) is 3.10. The van der Waals surface area contributed by atoms with Crippen molar-refractivity contribution in [3.8, 4) is 5.75 Å². The zero-order valence-electron chi connectivity index (χ0n) is 12.7. The monoisotopic (exact) mass is 285 g/mol. The van der Waals surface area contributed by atoms with E-state index in [0.717, 1.165) is 30.7 Å². The van der Waals surface area contributed by atoms with E-state index in [1.165, 1.54) is 11.1 Å². The lowest BCUT2D eigenvalue weighted by atomic mass is 9.88. The van der Waals surface area contributed by atoms with Crippen LogP contribution in [0.15, 0.2) is 30.5 Å². The maximum absolute atomic E-state index is 6.14. The van der Waals surface area contributed by atoms with Gasteiger partial charge >= 0.3 is 0 Å². The molecule has 1 unspecified atom stereocenters. The predicted octanol–water partition coefficient (Wildman–Crippen LogP) is 3.38. The van der Waals surface area contributed by atoms with Gasteiger partial charge in [-0.25, -0.2) is 0 Å². The fourth-order valence-corrected chi connectivity index (χ4v) is 2.82. The van der Waals surface area contributed by atoms with Gasteiger partial charge in [0.1, 0.15) is 12.4 Å². The van der Waals surface area contributed by atoms with E-state index in [0.29, 0.717) is 12.6 Å². The van der Waals surface area contributed by atoms with Gasteiger partial charge in [-0.2, -0.15) is 5.10 Å². The lowest BCUT2D eigenvalue weighted by molar-refractivity contribution is 0.298. The molecule has 0 radical (unpaired) electrons. The number of aromatic nitrogens is 2. The summed E-state index contributed by atoms with van der Waals surface area (Å²) < 4.78 is 7.82. The lowest BCUT2D eigenvalue weighted by Gasteiger charge is -2.22. The van der Waals surface area contributed by atoms with Crippen molar-refractivity contribution in [3.63, 3.8) is 0 Å². The standard InChI is InChI=1S/C17H23N3O/c1-12(2)20-9-8-14(19-20)11-21-15-6-7-16-13(10-15)4-3-5-17(16)18/h6-10,12,17H,3-5,11,18H2,1-2H3. The third-order valence-electron chi connectivity index (χ3n) is 4.05. The Labute approximate surface area is 125 Å². The average Bonchev–Trinajstić information content (AvgIpc) is 2.94. The molecule has 0 amide bonds. The van der Waals surface area contributed by atoms with Crippen molar-refractivity contribution in [2.75, 3.05) is 0 Å². The van der Waals surface area contributed by atoms with Crippen molar-refractivity contribution in [1.29, 1.82) is 0 Å². The van der Waals surface area contributed by atoms with Crippen LogP contribution in [0.4, 0.5) is 0 Å². The molecule has 0 saturated carbocycles. The van der Waals surface area contributed by atoms with Gasteiger partial charge in [-0.15, -0.1) is 0 Å². The number of fused-ring (bicyclic) bond motifs is 1. The molecule has 112 valence electrons. The molecule has 0 spiro atoms. The SMILES string of the molecule is CC(C)n1ccc(COc2ccc3c(c2)CCCC3N)n1. The topological polar surface area (TPSA) is 53.1 Å². The van der Waals surface area contributed by atoms with Gasteiger partial charge in [-0.3, -0.25) is 4.68 Å². The molecule has 0 saturated heterocycles. The first-order valence-electron chi connectivity index (χ1n) is 7.68. The fraction of sp³-hybridized carbons (Fsp3) is 0.471. The highest BCUT2D eigenvalue weighted by Gasteiger charge is 2.17. The maximum Gasteiger partial charge on any atom is 0.132 e. The van der Waals surface area contributed by atoms with Gasteiger partial charge in [0.25, 0.3) is 0 Å². The van der Waals surface area contributed by atoms with Crippen LogP contribution >= 0.6 is 0 Å². The van der Waals surface area contributed by atoms with E-state index in [1.807, 2.05) is 23.0 Å². The molecule has 1 aliphatic rings. The Kier molecular flexibility index (Phi) is 3.97. The molecule has 0 aliphatic heterocycles. The number of aryl methyl sites for hydroxylation is 1. The Balaban J connectivity index is 1.67. The highest BCUT2D eigenvalue weighted by atomic mass is 16.5. The van der Waals surface area contributed by atoms with Crippen molar-refractivity contribution in [3.05, 3.63) is 47.3 Å². The van der Waals surface area contributed by atoms with Gasteiger partial charge in [0.15, 0.2) is 0 Å². The van der Waals surface area contributed by atoms with Crippen molar-refractivity contribution < 1.29 is 4.74 Å². The molecule has 1 heterocycles. The van der Waals surface area contributed by atoms with Crippen LogP contribution in [0.25, 0.3) is 0 Å². The molecule has 0 bridgehead atoms. The highest BCUT2D eigenvalue weighted by Crippen LogP contribution is 2.30. The second-order valence-corrected chi connectivity index (χ2v) is 6.03. The third-order valence-corrected chi connectivity index (χ3v) is 4.05. The maximum atomic E-state index is 6.14. The van der Waals surface area contributed by atoms with Crippen LogP contribution in [0.2, 0.25) is 0 Å². The molecular weight excluding hydrogens is 262 g/mol. The molecule has 0 fully saturated rings. The van der Waals surface area contributed by atoms with Crippen LogP contribution in [-0.2, 0) is 13.0 Å². The van der Waals surface area contributed by atoms with Gasteiger partial charge in [0.2, 0.25) is 0 Å². The van der Waals surface area contributed by atoms with Gasteiger partial charge in [-0.1, -0.05) is 6.07 Å². The van der Waals surface area contributed by atoms with Gasteiger partial charge in [0.05, 0.1) is 5.69 Å². The summed E-state index contributed by atoms with van der Waals surface area (Å²) in [5.74, 6) is 0.905. The molecule has 4 nitrogen and oxygen atoms in total. The highest BCUT2D eigenvalue weighted by molar-refractivity contribution is 5.38.